The van der Waals surface area contributed by atoms with Crippen molar-refractivity contribution in [3.8, 4) is 0 Å². The minimum atomic E-state index is -2.21. The minimum Gasteiger partial charge on any atom is -0.308 e. The van der Waals surface area contributed by atoms with Crippen LogP contribution in [-0.4, -0.2) is 19.0 Å². The zero-order valence-corrected chi connectivity index (χ0v) is 7.52. The molecule has 0 heterocycles. The van der Waals surface area contributed by atoms with Crippen molar-refractivity contribution in [1.29, 1.82) is 0 Å². The SMILES string of the molecule is CC1CCCCC1NCC(F)F. The molecule has 1 aliphatic rings. The van der Waals surface area contributed by atoms with Crippen molar-refractivity contribution in [2.45, 2.75) is 45.1 Å². The van der Waals surface area contributed by atoms with Gasteiger partial charge in [-0.3, -0.25) is 0 Å². The molecule has 0 aromatic rings. The summed E-state index contributed by atoms with van der Waals surface area (Å²) in [4.78, 5) is 0. The number of nitrogens with one attached hydrogen (secondary N) is 1. The summed E-state index contributed by atoms with van der Waals surface area (Å²) in [5.74, 6) is 0.567. The van der Waals surface area contributed by atoms with Crippen molar-refractivity contribution in [1.82, 2.24) is 5.32 Å². The van der Waals surface area contributed by atoms with Gasteiger partial charge in [0.15, 0.2) is 0 Å². The van der Waals surface area contributed by atoms with Gasteiger partial charge in [-0.2, -0.15) is 0 Å². The van der Waals surface area contributed by atoms with Gasteiger partial charge in [0.25, 0.3) is 6.43 Å². The molecule has 1 rings (SSSR count). The van der Waals surface area contributed by atoms with Crippen molar-refractivity contribution in [3.05, 3.63) is 0 Å². The monoisotopic (exact) mass is 177 g/mol. The highest BCUT2D eigenvalue weighted by molar-refractivity contribution is 4.77. The van der Waals surface area contributed by atoms with Crippen molar-refractivity contribution >= 4 is 0 Å². The Bertz CT molecular complexity index is 128. The van der Waals surface area contributed by atoms with Gasteiger partial charge in [0.05, 0.1) is 6.54 Å². The number of alkyl halides is 2. The van der Waals surface area contributed by atoms with E-state index in [4.69, 9.17) is 0 Å². The van der Waals surface area contributed by atoms with E-state index in [-0.39, 0.29) is 6.54 Å². The zero-order valence-electron chi connectivity index (χ0n) is 7.52. The minimum absolute atomic E-state index is 0.144. The largest absolute Gasteiger partial charge is 0.308 e. The third-order valence-corrected chi connectivity index (χ3v) is 2.65. The summed E-state index contributed by atoms with van der Waals surface area (Å²) < 4.78 is 23.7. The summed E-state index contributed by atoms with van der Waals surface area (Å²) in [6.07, 6.45) is 2.48. The normalized spacial score (nSPS) is 31.0. The first-order valence-electron chi connectivity index (χ1n) is 4.71. The van der Waals surface area contributed by atoms with E-state index in [1.165, 1.54) is 19.3 Å². The van der Waals surface area contributed by atoms with Crippen LogP contribution in [0.2, 0.25) is 0 Å². The lowest BCUT2D eigenvalue weighted by atomic mass is 9.86. The van der Waals surface area contributed by atoms with Crippen LogP contribution in [-0.2, 0) is 0 Å². The van der Waals surface area contributed by atoms with Crippen molar-refractivity contribution in [2.24, 2.45) is 5.92 Å². The molecule has 0 aromatic carbocycles. The summed E-state index contributed by atoms with van der Waals surface area (Å²) in [6, 6.07) is 0.327. The molecule has 1 nitrogen and oxygen atoms in total. The van der Waals surface area contributed by atoms with Gasteiger partial charge in [0.1, 0.15) is 0 Å². The molecule has 0 amide bonds. The van der Waals surface area contributed by atoms with Crippen LogP contribution in [0.5, 0.6) is 0 Å². The zero-order chi connectivity index (χ0) is 8.97. The van der Waals surface area contributed by atoms with Crippen LogP contribution >= 0.6 is 0 Å². The first kappa shape index (κ1) is 9.90. The number of hydrogen-bond acceptors (Lipinski definition) is 1. The van der Waals surface area contributed by atoms with Gasteiger partial charge in [-0.1, -0.05) is 19.8 Å². The van der Waals surface area contributed by atoms with Gasteiger partial charge in [0, 0.05) is 6.04 Å². The smallest absolute Gasteiger partial charge is 0.250 e. The molecule has 0 saturated heterocycles. The van der Waals surface area contributed by atoms with Gasteiger partial charge >= 0.3 is 0 Å². The van der Waals surface area contributed by atoms with Gasteiger partial charge in [-0.25, -0.2) is 8.78 Å². The van der Waals surface area contributed by atoms with E-state index in [9.17, 15) is 8.78 Å². The molecule has 12 heavy (non-hydrogen) atoms. The molecule has 1 N–H and O–H groups in total. The van der Waals surface area contributed by atoms with E-state index < -0.39 is 6.43 Å². The second-order valence-corrected chi connectivity index (χ2v) is 3.67. The number of halogens is 2. The highest BCUT2D eigenvalue weighted by atomic mass is 19.3. The number of rotatable bonds is 3. The summed E-state index contributed by atoms with van der Waals surface area (Å²) in [7, 11) is 0. The third-order valence-electron chi connectivity index (χ3n) is 2.65. The van der Waals surface area contributed by atoms with Crippen molar-refractivity contribution < 1.29 is 8.78 Å². The van der Waals surface area contributed by atoms with Gasteiger partial charge < -0.3 is 5.32 Å². The lowest BCUT2D eigenvalue weighted by Crippen LogP contribution is -2.39. The molecule has 1 aliphatic carbocycles. The third kappa shape index (κ3) is 3.05. The fourth-order valence-corrected chi connectivity index (χ4v) is 1.86. The first-order valence-corrected chi connectivity index (χ1v) is 4.71. The molecule has 0 spiro atoms. The summed E-state index contributed by atoms with van der Waals surface area (Å²) in [5, 5.41) is 2.92. The Morgan fingerprint density at radius 1 is 1.33 bits per heavy atom. The predicted molar refractivity (Wildman–Crippen MR) is 45.4 cm³/mol. The van der Waals surface area contributed by atoms with Crippen molar-refractivity contribution in [2.75, 3.05) is 6.54 Å². The summed E-state index contributed by atoms with van der Waals surface area (Å²) >= 11 is 0. The Hall–Kier alpha value is -0.180. The van der Waals surface area contributed by atoms with E-state index in [1.807, 2.05) is 0 Å². The number of hydrogen-bond donors (Lipinski definition) is 1. The molecule has 0 bridgehead atoms. The Kier molecular flexibility index (Phi) is 3.92. The molecule has 72 valence electrons. The lowest BCUT2D eigenvalue weighted by molar-refractivity contribution is 0.131. The van der Waals surface area contributed by atoms with Crippen LogP contribution in [0.15, 0.2) is 0 Å². The summed E-state index contributed by atoms with van der Waals surface area (Å²) in [6.45, 7) is 2.00. The first-order chi connectivity index (χ1) is 5.70. The molecule has 2 unspecified atom stereocenters. The van der Waals surface area contributed by atoms with Gasteiger partial charge in [-0.15, -0.1) is 0 Å². The van der Waals surface area contributed by atoms with E-state index in [2.05, 4.69) is 12.2 Å². The Morgan fingerprint density at radius 2 is 2.00 bits per heavy atom. The average molecular weight is 177 g/mol. The Labute approximate surface area is 72.5 Å². The van der Waals surface area contributed by atoms with Crippen LogP contribution in [0.3, 0.4) is 0 Å². The fourth-order valence-electron chi connectivity index (χ4n) is 1.86. The van der Waals surface area contributed by atoms with Crippen LogP contribution in [0.4, 0.5) is 8.78 Å². The molecule has 3 heteroatoms. The van der Waals surface area contributed by atoms with E-state index in [0.29, 0.717) is 12.0 Å². The van der Waals surface area contributed by atoms with Crippen LogP contribution in [0, 0.1) is 5.92 Å². The summed E-state index contributed by atoms with van der Waals surface area (Å²) in [5.41, 5.74) is 0. The van der Waals surface area contributed by atoms with E-state index >= 15 is 0 Å². The molecular formula is C9H17F2N. The van der Waals surface area contributed by atoms with Crippen molar-refractivity contribution in [3.63, 3.8) is 0 Å². The van der Waals surface area contributed by atoms with E-state index in [1.54, 1.807) is 0 Å². The molecule has 0 aromatic heterocycles. The van der Waals surface area contributed by atoms with Gasteiger partial charge in [-0.05, 0) is 18.8 Å². The highest BCUT2D eigenvalue weighted by Gasteiger charge is 2.21. The topological polar surface area (TPSA) is 12.0 Å². The molecule has 1 saturated carbocycles. The second-order valence-electron chi connectivity index (χ2n) is 3.67. The maximum atomic E-state index is 11.9. The van der Waals surface area contributed by atoms with E-state index in [0.717, 1.165) is 6.42 Å². The molecular weight excluding hydrogens is 160 g/mol. The predicted octanol–water partition coefficient (Wildman–Crippen LogP) is 2.42. The van der Waals surface area contributed by atoms with Crippen LogP contribution < -0.4 is 5.32 Å². The van der Waals surface area contributed by atoms with Gasteiger partial charge in [0.2, 0.25) is 0 Å². The molecule has 1 fully saturated rings. The fraction of sp³-hybridized carbons (Fsp3) is 1.00. The lowest BCUT2D eigenvalue weighted by Gasteiger charge is -2.29. The molecule has 0 radical (unpaired) electrons. The standard InChI is InChI=1S/C9H17F2N/c1-7-4-2-3-5-8(7)12-6-9(10)11/h7-9,12H,2-6H2,1H3. The highest BCUT2D eigenvalue weighted by Crippen LogP contribution is 2.23. The second kappa shape index (κ2) is 4.75. The Balaban J connectivity index is 2.20. The maximum Gasteiger partial charge on any atom is 0.250 e. The quantitative estimate of drug-likeness (QED) is 0.698. The van der Waals surface area contributed by atoms with Crippen LogP contribution in [0.25, 0.3) is 0 Å². The average Bonchev–Trinajstić information content (AvgIpc) is 2.03. The molecule has 2 atom stereocenters. The Morgan fingerprint density at radius 3 is 2.58 bits per heavy atom. The van der Waals surface area contributed by atoms with Crippen LogP contribution in [0.1, 0.15) is 32.6 Å². The molecule has 0 aliphatic heterocycles. The maximum absolute atomic E-state index is 11.9.